The molecule has 1 atom stereocenters. The molecule has 0 radical (unpaired) electrons. The second-order valence-corrected chi connectivity index (χ2v) is 11.1. The molecule has 0 spiro atoms. The highest BCUT2D eigenvalue weighted by molar-refractivity contribution is 7.92. The first-order valence-electron chi connectivity index (χ1n) is 12.1. The van der Waals surface area contributed by atoms with E-state index in [0.717, 1.165) is 21.9 Å². The number of rotatable bonds is 11. The van der Waals surface area contributed by atoms with Crippen molar-refractivity contribution in [1.82, 2.24) is 10.2 Å². The van der Waals surface area contributed by atoms with E-state index in [1.165, 1.54) is 17.0 Å². The van der Waals surface area contributed by atoms with E-state index >= 15 is 0 Å². The Balaban J connectivity index is 1.99. The number of hydrogen-bond acceptors (Lipinski definition) is 4. The summed E-state index contributed by atoms with van der Waals surface area (Å²) in [7, 11) is -4.07. The van der Waals surface area contributed by atoms with Gasteiger partial charge in [-0.3, -0.25) is 13.9 Å². The number of amides is 2. The van der Waals surface area contributed by atoms with Crippen LogP contribution in [0.15, 0.2) is 83.8 Å². The normalized spacial score (nSPS) is 12.0. The maximum atomic E-state index is 13.8. The standard InChI is InChI=1S/C28H32ClN3O4S/c1-4-17-30-28(34)22(3)31(19-23-9-8-10-24(29)18-23)27(33)20-32(25-11-6-5-7-12-25)37(35,36)26-15-13-21(2)14-16-26/h5-16,18,22H,4,17,19-20H2,1-3H3,(H,30,34)/t22-/m1/s1. The largest absolute Gasteiger partial charge is 0.354 e. The van der Waals surface area contributed by atoms with Gasteiger partial charge in [0.2, 0.25) is 11.8 Å². The topological polar surface area (TPSA) is 86.8 Å². The highest BCUT2D eigenvalue weighted by Gasteiger charge is 2.32. The number of anilines is 1. The minimum absolute atomic E-state index is 0.0740. The quantitative estimate of drug-likeness (QED) is 0.378. The van der Waals surface area contributed by atoms with Gasteiger partial charge in [0.15, 0.2) is 0 Å². The van der Waals surface area contributed by atoms with Crippen molar-refractivity contribution in [2.75, 3.05) is 17.4 Å². The first-order chi connectivity index (χ1) is 17.6. The van der Waals surface area contributed by atoms with E-state index in [1.807, 2.05) is 13.8 Å². The summed E-state index contributed by atoms with van der Waals surface area (Å²) in [5, 5.41) is 3.32. The van der Waals surface area contributed by atoms with Crippen LogP contribution in [-0.2, 0) is 26.2 Å². The van der Waals surface area contributed by atoms with Crippen LogP contribution < -0.4 is 9.62 Å². The van der Waals surface area contributed by atoms with Crippen LogP contribution in [0, 0.1) is 6.92 Å². The molecule has 37 heavy (non-hydrogen) atoms. The molecule has 0 unspecified atom stereocenters. The molecular formula is C28H32ClN3O4S. The number of sulfonamides is 1. The summed E-state index contributed by atoms with van der Waals surface area (Å²) < 4.78 is 28.5. The Morgan fingerprint density at radius 1 is 0.973 bits per heavy atom. The van der Waals surface area contributed by atoms with Gasteiger partial charge in [0, 0.05) is 18.1 Å². The summed E-state index contributed by atoms with van der Waals surface area (Å²) in [4.78, 5) is 28.1. The number of aryl methyl sites for hydroxylation is 1. The SMILES string of the molecule is CCCNC(=O)[C@@H](C)N(Cc1cccc(Cl)c1)C(=O)CN(c1ccccc1)S(=O)(=O)c1ccc(C)cc1. The Labute approximate surface area is 224 Å². The van der Waals surface area contributed by atoms with Crippen LogP contribution in [-0.4, -0.2) is 44.3 Å². The number of hydrogen-bond donors (Lipinski definition) is 1. The molecule has 7 nitrogen and oxygen atoms in total. The van der Waals surface area contributed by atoms with E-state index in [0.29, 0.717) is 17.3 Å². The zero-order chi connectivity index (χ0) is 27.0. The van der Waals surface area contributed by atoms with E-state index in [1.54, 1.807) is 73.7 Å². The second kappa shape index (κ2) is 12.7. The molecule has 0 aliphatic heterocycles. The zero-order valence-corrected chi connectivity index (χ0v) is 22.8. The minimum Gasteiger partial charge on any atom is -0.354 e. The fourth-order valence-electron chi connectivity index (χ4n) is 3.77. The lowest BCUT2D eigenvalue weighted by Gasteiger charge is -2.32. The molecule has 3 rings (SSSR count). The maximum absolute atomic E-state index is 13.8. The number of para-hydroxylation sites is 1. The van der Waals surface area contributed by atoms with E-state index in [4.69, 9.17) is 11.6 Å². The van der Waals surface area contributed by atoms with Gasteiger partial charge in [-0.15, -0.1) is 0 Å². The fraction of sp³-hybridized carbons (Fsp3) is 0.286. The number of halogens is 1. The molecule has 0 bridgehead atoms. The third-order valence-corrected chi connectivity index (χ3v) is 7.91. The van der Waals surface area contributed by atoms with Crippen LogP contribution in [0.1, 0.15) is 31.4 Å². The molecule has 0 saturated heterocycles. The Hall–Kier alpha value is -3.36. The van der Waals surface area contributed by atoms with Gasteiger partial charge in [0.25, 0.3) is 10.0 Å². The van der Waals surface area contributed by atoms with Crippen LogP contribution in [0.3, 0.4) is 0 Å². The van der Waals surface area contributed by atoms with Crippen molar-refractivity contribution < 1.29 is 18.0 Å². The molecule has 1 N–H and O–H groups in total. The second-order valence-electron chi connectivity index (χ2n) is 8.78. The van der Waals surface area contributed by atoms with E-state index in [9.17, 15) is 18.0 Å². The van der Waals surface area contributed by atoms with Crippen molar-refractivity contribution in [2.45, 2.75) is 44.7 Å². The average Bonchev–Trinajstić information content (AvgIpc) is 2.89. The Morgan fingerprint density at radius 2 is 1.65 bits per heavy atom. The van der Waals surface area contributed by atoms with Crippen molar-refractivity contribution >= 4 is 39.1 Å². The van der Waals surface area contributed by atoms with Crippen LogP contribution >= 0.6 is 11.6 Å². The maximum Gasteiger partial charge on any atom is 0.264 e. The first-order valence-corrected chi connectivity index (χ1v) is 13.9. The van der Waals surface area contributed by atoms with E-state index in [2.05, 4.69) is 5.32 Å². The van der Waals surface area contributed by atoms with Gasteiger partial charge < -0.3 is 10.2 Å². The van der Waals surface area contributed by atoms with Crippen LogP contribution in [0.4, 0.5) is 5.69 Å². The average molecular weight is 542 g/mol. The molecule has 3 aromatic carbocycles. The Morgan fingerprint density at radius 3 is 2.27 bits per heavy atom. The first kappa shape index (κ1) is 28.2. The van der Waals surface area contributed by atoms with Gasteiger partial charge in [-0.05, 0) is 62.2 Å². The smallest absolute Gasteiger partial charge is 0.264 e. The lowest BCUT2D eigenvalue weighted by molar-refractivity contribution is -0.139. The van der Waals surface area contributed by atoms with Gasteiger partial charge in [0.1, 0.15) is 12.6 Å². The summed E-state index contributed by atoms with van der Waals surface area (Å²) in [5.74, 6) is -0.830. The molecule has 0 aliphatic rings. The molecule has 9 heteroatoms. The van der Waals surface area contributed by atoms with Gasteiger partial charge in [0.05, 0.1) is 10.6 Å². The molecular weight excluding hydrogens is 510 g/mol. The summed E-state index contributed by atoms with van der Waals surface area (Å²) in [6.07, 6.45) is 0.747. The van der Waals surface area contributed by atoms with Gasteiger partial charge >= 0.3 is 0 Å². The summed E-state index contributed by atoms with van der Waals surface area (Å²) >= 11 is 6.15. The lowest BCUT2D eigenvalue weighted by Crippen LogP contribution is -2.51. The molecule has 0 saturated carbocycles. The molecule has 0 aliphatic carbocycles. The Bertz CT molecular complexity index is 1310. The van der Waals surface area contributed by atoms with Gasteiger partial charge in [-0.2, -0.15) is 0 Å². The summed E-state index contributed by atoms with van der Waals surface area (Å²) in [6.45, 7) is 5.52. The number of benzene rings is 3. The van der Waals surface area contributed by atoms with Crippen molar-refractivity contribution in [1.29, 1.82) is 0 Å². The van der Waals surface area contributed by atoms with E-state index < -0.39 is 28.5 Å². The fourth-order valence-corrected chi connectivity index (χ4v) is 5.40. The van der Waals surface area contributed by atoms with E-state index in [-0.39, 0.29) is 17.3 Å². The molecule has 0 heterocycles. The lowest BCUT2D eigenvalue weighted by atomic mass is 10.1. The minimum atomic E-state index is -4.07. The van der Waals surface area contributed by atoms with Crippen LogP contribution in [0.5, 0.6) is 0 Å². The van der Waals surface area contributed by atoms with Gasteiger partial charge in [-0.25, -0.2) is 8.42 Å². The van der Waals surface area contributed by atoms with Crippen LogP contribution in [0.25, 0.3) is 0 Å². The number of carbonyl (C=O) groups excluding carboxylic acids is 2. The van der Waals surface area contributed by atoms with Gasteiger partial charge in [-0.1, -0.05) is 66.6 Å². The molecule has 0 aromatic heterocycles. The van der Waals surface area contributed by atoms with Crippen molar-refractivity contribution in [3.8, 4) is 0 Å². The molecule has 196 valence electrons. The number of carbonyl (C=O) groups is 2. The highest BCUT2D eigenvalue weighted by atomic mass is 35.5. The monoisotopic (exact) mass is 541 g/mol. The zero-order valence-electron chi connectivity index (χ0n) is 21.2. The third-order valence-electron chi connectivity index (χ3n) is 5.89. The third kappa shape index (κ3) is 7.33. The van der Waals surface area contributed by atoms with Crippen molar-refractivity contribution in [2.24, 2.45) is 0 Å². The predicted octanol–water partition coefficient (Wildman–Crippen LogP) is 4.79. The summed E-state index contributed by atoms with van der Waals surface area (Å²) in [5.41, 5.74) is 1.99. The van der Waals surface area contributed by atoms with Crippen LogP contribution in [0.2, 0.25) is 5.02 Å². The van der Waals surface area contributed by atoms with Crippen molar-refractivity contribution in [3.63, 3.8) is 0 Å². The number of nitrogens with one attached hydrogen (secondary N) is 1. The summed E-state index contributed by atoms with van der Waals surface area (Å²) in [6, 6.07) is 21.1. The predicted molar refractivity (Wildman–Crippen MR) is 147 cm³/mol. The highest BCUT2D eigenvalue weighted by Crippen LogP contribution is 2.25. The Kier molecular flexibility index (Phi) is 9.72. The molecule has 2 amide bonds. The molecule has 3 aromatic rings. The molecule has 0 fully saturated rings. The van der Waals surface area contributed by atoms with Crippen molar-refractivity contribution in [3.05, 3.63) is 95.0 Å². The number of nitrogens with zero attached hydrogens (tertiary/aromatic N) is 2.